The van der Waals surface area contributed by atoms with Crippen LogP contribution in [-0.4, -0.2) is 28.7 Å². The molecule has 1 atom stereocenters. The van der Waals surface area contributed by atoms with E-state index in [4.69, 9.17) is 16.3 Å². The molecule has 0 N–H and O–H groups in total. The van der Waals surface area contributed by atoms with Gasteiger partial charge in [0.2, 0.25) is 0 Å². The second-order valence-corrected chi connectivity index (χ2v) is 4.10. The summed E-state index contributed by atoms with van der Waals surface area (Å²) >= 11 is 5.86. The molecule has 0 aliphatic rings. The van der Waals surface area contributed by atoms with Gasteiger partial charge in [0, 0.05) is 7.11 Å². The predicted octanol–water partition coefficient (Wildman–Crippen LogP) is 2.57. The lowest BCUT2D eigenvalue weighted by Crippen LogP contribution is -2.18. The Labute approximate surface area is 102 Å². The highest BCUT2D eigenvalue weighted by Gasteiger charge is 2.17. The zero-order valence-electron chi connectivity index (χ0n) is 10.2. The molecule has 5 heteroatoms. The number of methoxy groups -OCH3 is 1. The van der Waals surface area contributed by atoms with E-state index in [9.17, 15) is 0 Å². The summed E-state index contributed by atoms with van der Waals surface area (Å²) in [6, 6.07) is 0.260. The molecule has 1 aromatic rings. The van der Waals surface area contributed by atoms with E-state index in [0.717, 1.165) is 30.7 Å². The van der Waals surface area contributed by atoms with Crippen LogP contribution in [-0.2, 0) is 17.0 Å². The second-order valence-electron chi connectivity index (χ2n) is 3.83. The van der Waals surface area contributed by atoms with Crippen LogP contribution in [0, 0.1) is 0 Å². The zero-order chi connectivity index (χ0) is 12.0. The SMILES string of the molecule is CCCc1c(CCl)nnn1C(CC)COC. The van der Waals surface area contributed by atoms with Gasteiger partial charge in [0.1, 0.15) is 5.69 Å². The third kappa shape index (κ3) is 2.95. The minimum Gasteiger partial charge on any atom is -0.382 e. The van der Waals surface area contributed by atoms with Gasteiger partial charge in [-0.2, -0.15) is 0 Å². The monoisotopic (exact) mass is 245 g/mol. The van der Waals surface area contributed by atoms with Gasteiger partial charge in [-0.15, -0.1) is 16.7 Å². The molecule has 0 amide bonds. The molecule has 0 aliphatic heterocycles. The topological polar surface area (TPSA) is 39.9 Å². The van der Waals surface area contributed by atoms with Gasteiger partial charge in [-0.3, -0.25) is 0 Å². The van der Waals surface area contributed by atoms with Gasteiger partial charge in [-0.25, -0.2) is 4.68 Å². The zero-order valence-corrected chi connectivity index (χ0v) is 11.0. The third-order valence-corrected chi connectivity index (χ3v) is 2.91. The molecular formula is C11H20ClN3O. The average molecular weight is 246 g/mol. The number of halogens is 1. The van der Waals surface area contributed by atoms with E-state index in [0.29, 0.717) is 12.5 Å². The fourth-order valence-electron chi connectivity index (χ4n) is 1.79. The first kappa shape index (κ1) is 13.5. The molecule has 1 rings (SSSR count). The molecule has 0 saturated heterocycles. The fourth-order valence-corrected chi connectivity index (χ4v) is 2.00. The van der Waals surface area contributed by atoms with E-state index >= 15 is 0 Å². The lowest BCUT2D eigenvalue weighted by Gasteiger charge is -2.16. The van der Waals surface area contributed by atoms with Crippen molar-refractivity contribution in [2.75, 3.05) is 13.7 Å². The van der Waals surface area contributed by atoms with Gasteiger partial charge < -0.3 is 4.74 Å². The molecule has 16 heavy (non-hydrogen) atoms. The molecule has 0 fully saturated rings. The Morgan fingerprint density at radius 2 is 2.19 bits per heavy atom. The van der Waals surface area contributed by atoms with Gasteiger partial charge in [-0.05, 0) is 12.8 Å². The standard InChI is InChI=1S/C11H20ClN3O/c1-4-6-11-10(7-12)13-14-15(11)9(5-2)8-16-3/h9H,4-8H2,1-3H3. The van der Waals surface area contributed by atoms with Crippen LogP contribution < -0.4 is 0 Å². The maximum Gasteiger partial charge on any atom is 0.101 e. The number of hydrogen-bond acceptors (Lipinski definition) is 3. The molecule has 0 spiro atoms. The maximum absolute atomic E-state index is 5.86. The maximum atomic E-state index is 5.86. The van der Waals surface area contributed by atoms with E-state index in [2.05, 4.69) is 24.2 Å². The van der Waals surface area contributed by atoms with Crippen LogP contribution in [0.2, 0.25) is 0 Å². The molecule has 1 heterocycles. The number of alkyl halides is 1. The smallest absolute Gasteiger partial charge is 0.101 e. The highest BCUT2D eigenvalue weighted by molar-refractivity contribution is 6.16. The van der Waals surface area contributed by atoms with Crippen molar-refractivity contribution in [1.82, 2.24) is 15.0 Å². The van der Waals surface area contributed by atoms with Crippen molar-refractivity contribution in [1.29, 1.82) is 0 Å². The lowest BCUT2D eigenvalue weighted by molar-refractivity contribution is 0.145. The van der Waals surface area contributed by atoms with E-state index < -0.39 is 0 Å². The summed E-state index contributed by atoms with van der Waals surface area (Å²) in [6.07, 6.45) is 3.02. The van der Waals surface area contributed by atoms with Crippen molar-refractivity contribution in [3.8, 4) is 0 Å². The average Bonchev–Trinajstić information content (AvgIpc) is 2.69. The van der Waals surface area contributed by atoms with E-state index in [1.165, 1.54) is 0 Å². The predicted molar refractivity (Wildman–Crippen MR) is 64.8 cm³/mol. The van der Waals surface area contributed by atoms with Gasteiger partial charge in [-0.1, -0.05) is 25.5 Å². The minimum atomic E-state index is 0.260. The summed E-state index contributed by atoms with van der Waals surface area (Å²) in [7, 11) is 1.71. The Bertz CT molecular complexity index is 314. The normalized spacial score (nSPS) is 13.0. The lowest BCUT2D eigenvalue weighted by atomic mass is 10.2. The summed E-state index contributed by atoms with van der Waals surface area (Å²) in [5, 5.41) is 8.33. The van der Waals surface area contributed by atoms with Crippen molar-refractivity contribution in [2.45, 2.75) is 45.0 Å². The van der Waals surface area contributed by atoms with Crippen LogP contribution in [0.3, 0.4) is 0 Å². The summed E-state index contributed by atoms with van der Waals surface area (Å²) < 4.78 is 7.18. The summed E-state index contributed by atoms with van der Waals surface area (Å²) in [5.41, 5.74) is 2.06. The Balaban J connectivity index is 2.96. The van der Waals surface area contributed by atoms with Crippen molar-refractivity contribution < 1.29 is 4.74 Å². The van der Waals surface area contributed by atoms with E-state index in [1.54, 1.807) is 7.11 Å². The summed E-state index contributed by atoms with van der Waals surface area (Å²) in [4.78, 5) is 0. The van der Waals surface area contributed by atoms with Crippen LogP contribution in [0.4, 0.5) is 0 Å². The van der Waals surface area contributed by atoms with Gasteiger partial charge in [0.15, 0.2) is 0 Å². The molecule has 0 aliphatic carbocycles. The largest absolute Gasteiger partial charge is 0.382 e. The van der Waals surface area contributed by atoms with Crippen molar-refractivity contribution in [3.05, 3.63) is 11.4 Å². The van der Waals surface area contributed by atoms with E-state index in [-0.39, 0.29) is 6.04 Å². The quantitative estimate of drug-likeness (QED) is 0.694. The Morgan fingerprint density at radius 3 is 2.69 bits per heavy atom. The van der Waals surface area contributed by atoms with Crippen LogP contribution in [0.15, 0.2) is 0 Å². The Hall–Kier alpha value is -0.610. The van der Waals surface area contributed by atoms with Crippen LogP contribution >= 0.6 is 11.6 Å². The molecule has 0 bridgehead atoms. The molecule has 1 aromatic heterocycles. The fraction of sp³-hybridized carbons (Fsp3) is 0.818. The first-order valence-corrected chi connectivity index (χ1v) is 6.29. The Morgan fingerprint density at radius 1 is 1.44 bits per heavy atom. The highest BCUT2D eigenvalue weighted by Crippen LogP contribution is 2.18. The van der Waals surface area contributed by atoms with Crippen LogP contribution in [0.1, 0.15) is 44.1 Å². The molecular weight excluding hydrogens is 226 g/mol. The number of ether oxygens (including phenoxy) is 1. The minimum absolute atomic E-state index is 0.260. The molecule has 0 saturated carbocycles. The van der Waals surface area contributed by atoms with Crippen LogP contribution in [0.25, 0.3) is 0 Å². The molecule has 1 unspecified atom stereocenters. The van der Waals surface area contributed by atoms with Crippen LogP contribution in [0.5, 0.6) is 0 Å². The summed E-state index contributed by atoms with van der Waals surface area (Å²) in [6.45, 7) is 4.94. The number of nitrogens with zero attached hydrogens (tertiary/aromatic N) is 3. The first-order chi connectivity index (χ1) is 7.78. The number of hydrogen-bond donors (Lipinski definition) is 0. The Kier molecular flexibility index (Phi) is 5.77. The van der Waals surface area contributed by atoms with Gasteiger partial charge in [0.25, 0.3) is 0 Å². The number of rotatable bonds is 7. The first-order valence-electron chi connectivity index (χ1n) is 5.76. The molecule has 0 aromatic carbocycles. The third-order valence-electron chi connectivity index (χ3n) is 2.66. The molecule has 4 nitrogen and oxygen atoms in total. The van der Waals surface area contributed by atoms with Crippen molar-refractivity contribution in [2.24, 2.45) is 0 Å². The van der Waals surface area contributed by atoms with Crippen molar-refractivity contribution >= 4 is 11.6 Å². The molecule has 92 valence electrons. The summed E-state index contributed by atoms with van der Waals surface area (Å²) in [5.74, 6) is 0.429. The molecule has 0 radical (unpaired) electrons. The highest BCUT2D eigenvalue weighted by atomic mass is 35.5. The van der Waals surface area contributed by atoms with Gasteiger partial charge >= 0.3 is 0 Å². The van der Waals surface area contributed by atoms with E-state index in [1.807, 2.05) is 4.68 Å². The van der Waals surface area contributed by atoms with Gasteiger partial charge in [0.05, 0.1) is 24.2 Å². The van der Waals surface area contributed by atoms with Crippen molar-refractivity contribution in [3.63, 3.8) is 0 Å². The second kappa shape index (κ2) is 6.86. The number of aromatic nitrogens is 3.